The Balaban J connectivity index is 1.34. The zero-order chi connectivity index (χ0) is 37.5. The number of carboxylic acid groups (broad SMARTS) is 1. The summed E-state index contributed by atoms with van der Waals surface area (Å²) in [6.45, 7) is 1.39. The van der Waals surface area contributed by atoms with Crippen LogP contribution in [0.4, 0.5) is 27.6 Å². The number of carbonyl (C=O) groups is 5. The van der Waals surface area contributed by atoms with Gasteiger partial charge in [-0.1, -0.05) is 12.1 Å². The molecule has 0 spiro atoms. The van der Waals surface area contributed by atoms with Crippen LogP contribution < -0.4 is 20.5 Å². The van der Waals surface area contributed by atoms with Crippen LogP contribution >= 0.6 is 0 Å². The number of halogens is 5. The van der Waals surface area contributed by atoms with Gasteiger partial charge in [0.1, 0.15) is 22.6 Å². The van der Waals surface area contributed by atoms with Gasteiger partial charge in [0, 0.05) is 18.7 Å². The molecule has 0 saturated carbocycles. The number of hydrogen-bond acceptors (Lipinski definition) is 7. The van der Waals surface area contributed by atoms with Crippen molar-refractivity contribution >= 4 is 40.9 Å². The van der Waals surface area contributed by atoms with Crippen molar-refractivity contribution in [2.45, 2.75) is 38.5 Å². The lowest BCUT2D eigenvalue weighted by molar-refractivity contribution is -0.585. The zero-order valence-electron chi connectivity index (χ0n) is 26.7. The molecule has 3 amide bonds. The predicted octanol–water partition coefficient (Wildman–Crippen LogP) is 4.10. The molecule has 52 heavy (non-hydrogen) atoms. The number of pyridine rings is 1. The Morgan fingerprint density at radius 2 is 1.75 bits per heavy atom. The van der Waals surface area contributed by atoms with Gasteiger partial charge in [0.2, 0.25) is 6.20 Å². The van der Waals surface area contributed by atoms with Crippen LogP contribution in [0.15, 0.2) is 67.1 Å². The topological polar surface area (TPSA) is 176 Å². The number of carbonyl (C=O) groups excluding carboxylic acids is 4. The fraction of sp³-hybridized carbons (Fsp3) is 0.176. The third-order valence-electron chi connectivity index (χ3n) is 8.38. The van der Waals surface area contributed by atoms with Gasteiger partial charge in [-0.25, -0.2) is 27.9 Å². The average molecular weight is 723 g/mol. The molecule has 3 heterocycles. The van der Waals surface area contributed by atoms with Crippen molar-refractivity contribution in [3.8, 4) is 0 Å². The molecule has 0 bridgehead atoms. The van der Waals surface area contributed by atoms with Gasteiger partial charge in [-0.05, 0) is 66.3 Å². The normalized spacial score (nSPS) is 13.8. The summed E-state index contributed by atoms with van der Waals surface area (Å²) >= 11 is 0. The molecule has 266 valence electrons. The highest BCUT2D eigenvalue weighted by atomic mass is 19.4. The van der Waals surface area contributed by atoms with E-state index in [-0.39, 0.29) is 44.8 Å². The van der Waals surface area contributed by atoms with E-state index in [4.69, 9.17) is 0 Å². The monoisotopic (exact) mass is 722 g/mol. The van der Waals surface area contributed by atoms with Crippen LogP contribution in [0.25, 0.3) is 5.65 Å². The molecule has 2 aromatic carbocycles. The van der Waals surface area contributed by atoms with Crippen molar-refractivity contribution < 1.29 is 55.6 Å². The second-order valence-electron chi connectivity index (χ2n) is 11.7. The lowest BCUT2D eigenvalue weighted by Crippen LogP contribution is -2.50. The van der Waals surface area contributed by atoms with E-state index in [0.717, 1.165) is 52.9 Å². The van der Waals surface area contributed by atoms with Gasteiger partial charge in [-0.3, -0.25) is 14.4 Å². The first kappa shape index (κ1) is 35.2. The molecule has 0 saturated heterocycles. The van der Waals surface area contributed by atoms with Gasteiger partial charge in [-0.15, -0.1) is 4.57 Å². The summed E-state index contributed by atoms with van der Waals surface area (Å²) in [6.07, 6.45) is -1.72. The minimum Gasteiger partial charge on any atom is -0.478 e. The van der Waals surface area contributed by atoms with Gasteiger partial charge in [0.05, 0.1) is 17.8 Å². The van der Waals surface area contributed by atoms with E-state index in [1.54, 1.807) is 13.0 Å². The number of anilines is 1. The number of amides is 3. The lowest BCUT2D eigenvalue weighted by atomic mass is 9.98. The van der Waals surface area contributed by atoms with Gasteiger partial charge in [-0.2, -0.15) is 18.3 Å². The fourth-order valence-electron chi connectivity index (χ4n) is 5.84. The van der Waals surface area contributed by atoms with Crippen molar-refractivity contribution in [2.75, 3.05) is 5.32 Å². The summed E-state index contributed by atoms with van der Waals surface area (Å²) in [7, 11) is 0. The molecule has 6 rings (SSSR count). The minimum absolute atomic E-state index is 0.125. The summed E-state index contributed by atoms with van der Waals surface area (Å²) in [4.78, 5) is 68.1. The number of alkyl halides is 3. The molecule has 13 nitrogen and oxygen atoms in total. The van der Waals surface area contributed by atoms with Gasteiger partial charge in [0.25, 0.3) is 17.7 Å². The maximum absolute atomic E-state index is 13.8. The summed E-state index contributed by atoms with van der Waals surface area (Å²) in [5.41, 5.74) is 0.833. The number of fused-ring (bicyclic) bond motifs is 2. The first-order chi connectivity index (χ1) is 24.6. The molecule has 1 atom stereocenters. The third-order valence-corrected chi connectivity index (χ3v) is 8.38. The molecular weight excluding hydrogens is 697 g/mol. The van der Waals surface area contributed by atoms with E-state index < -0.39 is 59.1 Å². The molecule has 4 N–H and O–H groups in total. The molecule has 0 fully saturated rings. The minimum atomic E-state index is -5.20. The van der Waals surface area contributed by atoms with E-state index in [1.165, 1.54) is 18.2 Å². The molecule has 0 unspecified atom stereocenters. The van der Waals surface area contributed by atoms with Crippen molar-refractivity contribution in [1.29, 1.82) is 0 Å². The lowest BCUT2D eigenvalue weighted by Gasteiger charge is -2.16. The van der Waals surface area contributed by atoms with Crippen LogP contribution in [-0.4, -0.2) is 55.5 Å². The Kier molecular flexibility index (Phi) is 9.23. The smallest absolute Gasteiger partial charge is 0.478 e. The average Bonchev–Trinajstić information content (AvgIpc) is 3.72. The van der Waals surface area contributed by atoms with Crippen LogP contribution in [-0.2, 0) is 13.0 Å². The quantitative estimate of drug-likeness (QED) is 0.137. The van der Waals surface area contributed by atoms with Gasteiger partial charge >= 0.3 is 18.1 Å². The van der Waals surface area contributed by atoms with E-state index >= 15 is 0 Å². The van der Waals surface area contributed by atoms with Crippen LogP contribution in [0, 0.1) is 18.6 Å². The van der Waals surface area contributed by atoms with Crippen LogP contribution in [0.1, 0.15) is 81.2 Å². The molecule has 1 aliphatic carbocycles. The summed E-state index contributed by atoms with van der Waals surface area (Å²) in [5, 5.41) is 21.3. The molecule has 3 aromatic heterocycles. The summed E-state index contributed by atoms with van der Waals surface area (Å²) in [6, 6.07) is 8.87. The van der Waals surface area contributed by atoms with Crippen LogP contribution in [0.3, 0.4) is 0 Å². The van der Waals surface area contributed by atoms with Crippen LogP contribution in [0.2, 0.25) is 0 Å². The van der Waals surface area contributed by atoms with Crippen molar-refractivity contribution in [3.63, 3.8) is 0 Å². The number of aromatic carboxylic acids is 1. The number of rotatable bonds is 8. The Morgan fingerprint density at radius 3 is 2.46 bits per heavy atom. The number of nitrogens with zero attached hydrogens (tertiary/aromatic N) is 4. The Bertz CT molecular complexity index is 2320. The second kappa shape index (κ2) is 13.6. The molecule has 0 radical (unpaired) electrons. The first-order valence-corrected chi connectivity index (χ1v) is 15.3. The van der Waals surface area contributed by atoms with E-state index in [0.29, 0.717) is 24.0 Å². The Hall–Kier alpha value is -6.59. The number of carboxylic acids is 1. The molecule has 0 aliphatic heterocycles. The SMILES string of the molecule is Cc1c(C(=O)O)ccc2c1CC[C@@H]2NC(=O)c1cc(C(=O)NCc2ccc(F)c(F)c2)nc2c(C(=O)Nc3ccc[n+](C(=O)C(F)(F)F)c3)cnn12. The number of benzene rings is 2. The molecule has 1 aliphatic rings. The maximum atomic E-state index is 13.8. The highest BCUT2D eigenvalue weighted by molar-refractivity contribution is 6.09. The highest BCUT2D eigenvalue weighted by Crippen LogP contribution is 2.35. The van der Waals surface area contributed by atoms with Gasteiger partial charge in [0.15, 0.2) is 23.5 Å². The Labute approximate surface area is 289 Å². The standard InChI is InChI=1S/C34H24F5N7O6/c1-16-19-7-9-25(21(19)6-5-20(16)32(50)51)44-31(49)27-12-26(30(48)40-13-17-4-8-23(35)24(36)11-17)43-28-22(14-41-46(27)28)29(47)42-18-3-2-10-45(15-18)33(52)34(37,38)39/h2-6,8,10-12,14-15,25H,7,9,13H2,1H3,(H3-,40,42,44,47,48,49,50,51)/p+1/t25-/m0/s1. The first-order valence-electron chi connectivity index (χ1n) is 15.3. The van der Waals surface area contributed by atoms with Crippen molar-refractivity contribution in [3.05, 3.63) is 124 Å². The maximum Gasteiger partial charge on any atom is 0.521 e. The van der Waals surface area contributed by atoms with Crippen molar-refractivity contribution in [2.24, 2.45) is 0 Å². The number of aromatic nitrogens is 4. The van der Waals surface area contributed by atoms with E-state index in [9.17, 15) is 51.0 Å². The third kappa shape index (κ3) is 6.90. The second-order valence-corrected chi connectivity index (χ2v) is 11.7. The van der Waals surface area contributed by atoms with E-state index in [2.05, 4.69) is 26.0 Å². The number of hydrogen-bond donors (Lipinski definition) is 4. The van der Waals surface area contributed by atoms with E-state index in [1.807, 2.05) is 0 Å². The molecule has 5 aromatic rings. The fourth-order valence-corrected chi connectivity index (χ4v) is 5.84. The Morgan fingerprint density at radius 1 is 0.981 bits per heavy atom. The molecular formula is C34H25F5N7O6+. The largest absolute Gasteiger partial charge is 0.521 e. The predicted molar refractivity (Wildman–Crippen MR) is 168 cm³/mol. The zero-order valence-corrected chi connectivity index (χ0v) is 26.7. The van der Waals surface area contributed by atoms with Gasteiger partial charge < -0.3 is 21.1 Å². The molecule has 18 heteroatoms. The van der Waals surface area contributed by atoms with Crippen molar-refractivity contribution in [1.82, 2.24) is 25.2 Å². The summed E-state index contributed by atoms with van der Waals surface area (Å²) < 4.78 is 67.3. The number of nitrogens with one attached hydrogen (secondary N) is 3. The van der Waals surface area contributed by atoms with Crippen LogP contribution in [0.5, 0.6) is 0 Å². The summed E-state index contributed by atoms with van der Waals surface area (Å²) in [5.74, 6) is -8.16. The highest BCUT2D eigenvalue weighted by Gasteiger charge is 2.47.